The lowest BCUT2D eigenvalue weighted by atomic mass is 10.3. The quantitative estimate of drug-likeness (QED) is 0.300. The van der Waals surface area contributed by atoms with E-state index in [0.717, 1.165) is 18.9 Å². The molecular weight excluding hydrogens is 276 g/mol. The minimum atomic E-state index is -4.28. The van der Waals surface area contributed by atoms with Gasteiger partial charge in [-0.1, -0.05) is 12.8 Å². The molecule has 0 radical (unpaired) electrons. The van der Waals surface area contributed by atoms with Crippen LogP contribution in [0, 0.1) is 0 Å². The first kappa shape index (κ1) is 17.6. The molecule has 1 N–H and O–H groups in total. The molecule has 0 aromatic heterocycles. The van der Waals surface area contributed by atoms with Crippen molar-refractivity contribution in [2.45, 2.75) is 38.4 Å². The maximum Gasteiger partial charge on any atom is 0.323 e. The number of unbranched alkanes of at least 4 members (excludes halogenated alkanes) is 2. The molecule has 0 saturated carbocycles. The Labute approximate surface area is 110 Å². The normalized spacial score (nSPS) is 12.4. The Bertz CT molecular complexity index is 351. The molecule has 108 valence electrons. The van der Waals surface area contributed by atoms with Crippen molar-refractivity contribution < 1.29 is 26.9 Å². The molecule has 0 aromatic rings. The van der Waals surface area contributed by atoms with Gasteiger partial charge in [-0.25, -0.2) is 0 Å². The fraction of sp³-hybridized carbons (Fsp3) is 0.900. The Morgan fingerprint density at radius 1 is 1.22 bits per heavy atom. The van der Waals surface area contributed by atoms with Gasteiger partial charge in [0.25, 0.3) is 10.1 Å². The summed E-state index contributed by atoms with van der Waals surface area (Å²) in [5, 5.41) is 0. The zero-order valence-electron chi connectivity index (χ0n) is 11.1. The van der Waals surface area contributed by atoms with Gasteiger partial charge in [0, 0.05) is 7.11 Å². The molecule has 0 rings (SSSR count). The topological polar surface area (TPSA) is 89.9 Å². The van der Waals surface area contributed by atoms with Crippen LogP contribution in [0.1, 0.15) is 19.3 Å². The van der Waals surface area contributed by atoms with Crippen LogP contribution in [0.25, 0.3) is 0 Å². The molecule has 18 heavy (non-hydrogen) atoms. The van der Waals surface area contributed by atoms with E-state index in [1.807, 2.05) is 0 Å². The van der Waals surface area contributed by atoms with Crippen molar-refractivity contribution in [3.05, 3.63) is 0 Å². The SMILES string of the molecule is CO[Si](C)(C)CCCCCOC(=O)CS(=O)(=O)O. The molecule has 0 aromatic carbocycles. The number of rotatable bonds is 9. The second kappa shape index (κ2) is 7.88. The van der Waals surface area contributed by atoms with Gasteiger partial charge in [-0.3, -0.25) is 9.35 Å². The molecular formula is C10H22O6SSi. The highest BCUT2D eigenvalue weighted by molar-refractivity contribution is 7.86. The summed E-state index contributed by atoms with van der Waals surface area (Å²) in [6.07, 6.45) is 2.59. The Morgan fingerprint density at radius 3 is 2.33 bits per heavy atom. The van der Waals surface area contributed by atoms with Crippen LogP contribution in [0.3, 0.4) is 0 Å². The summed E-state index contributed by atoms with van der Waals surface area (Å²) >= 11 is 0. The highest BCUT2D eigenvalue weighted by Crippen LogP contribution is 2.14. The van der Waals surface area contributed by atoms with Gasteiger partial charge in [-0.05, 0) is 25.6 Å². The first-order chi connectivity index (χ1) is 8.16. The van der Waals surface area contributed by atoms with E-state index in [1.54, 1.807) is 7.11 Å². The van der Waals surface area contributed by atoms with Crippen LogP contribution < -0.4 is 0 Å². The largest absolute Gasteiger partial charge is 0.465 e. The summed E-state index contributed by atoms with van der Waals surface area (Å²) in [5.41, 5.74) is 0. The zero-order valence-corrected chi connectivity index (χ0v) is 13.0. The van der Waals surface area contributed by atoms with E-state index in [1.165, 1.54) is 0 Å². The third kappa shape index (κ3) is 10.7. The smallest absolute Gasteiger partial charge is 0.323 e. The number of ether oxygens (including phenoxy) is 1. The average Bonchev–Trinajstić information content (AvgIpc) is 2.20. The van der Waals surface area contributed by atoms with Gasteiger partial charge in [0.15, 0.2) is 14.1 Å². The fourth-order valence-corrected chi connectivity index (χ4v) is 2.99. The number of carbonyl (C=O) groups is 1. The molecule has 0 spiro atoms. The summed E-state index contributed by atoms with van der Waals surface area (Å²) in [7, 11) is -4.06. The standard InChI is InChI=1S/C10H22O6SSi/c1-15-18(2,3)8-6-4-5-7-16-10(11)9-17(12,13)14/h4-9H2,1-3H3,(H,12,13,14). The van der Waals surface area contributed by atoms with Crippen molar-refractivity contribution in [2.24, 2.45) is 0 Å². The Kier molecular flexibility index (Phi) is 7.68. The van der Waals surface area contributed by atoms with E-state index in [9.17, 15) is 13.2 Å². The van der Waals surface area contributed by atoms with E-state index >= 15 is 0 Å². The van der Waals surface area contributed by atoms with Crippen LogP contribution in [-0.4, -0.2) is 46.7 Å². The van der Waals surface area contributed by atoms with Crippen LogP contribution in [0.4, 0.5) is 0 Å². The lowest BCUT2D eigenvalue weighted by Crippen LogP contribution is -2.27. The highest BCUT2D eigenvalue weighted by Gasteiger charge is 2.19. The highest BCUT2D eigenvalue weighted by atomic mass is 32.2. The summed E-state index contributed by atoms with van der Waals surface area (Å²) in [6, 6.07) is 1.04. The second-order valence-electron chi connectivity index (χ2n) is 4.72. The summed E-state index contributed by atoms with van der Waals surface area (Å²) < 4.78 is 39.2. The van der Waals surface area contributed by atoms with Crippen molar-refractivity contribution in [3.63, 3.8) is 0 Å². The molecule has 0 heterocycles. The Balaban J connectivity index is 3.55. The average molecular weight is 298 g/mol. The van der Waals surface area contributed by atoms with E-state index in [2.05, 4.69) is 17.8 Å². The van der Waals surface area contributed by atoms with Crippen molar-refractivity contribution in [1.82, 2.24) is 0 Å². The first-order valence-corrected chi connectivity index (χ1v) is 10.5. The third-order valence-corrected chi connectivity index (χ3v) is 5.80. The van der Waals surface area contributed by atoms with Gasteiger partial charge >= 0.3 is 5.97 Å². The molecule has 0 aliphatic heterocycles. The van der Waals surface area contributed by atoms with Gasteiger partial charge in [0.1, 0.15) is 0 Å². The lowest BCUT2D eigenvalue weighted by Gasteiger charge is -2.19. The van der Waals surface area contributed by atoms with Crippen LogP contribution in [0.5, 0.6) is 0 Å². The third-order valence-electron chi connectivity index (χ3n) is 2.54. The Morgan fingerprint density at radius 2 is 1.83 bits per heavy atom. The second-order valence-corrected chi connectivity index (χ2v) is 10.6. The maximum absolute atomic E-state index is 10.9. The summed E-state index contributed by atoms with van der Waals surface area (Å²) in [5.74, 6) is -1.89. The molecule has 0 aliphatic rings. The fourth-order valence-electron chi connectivity index (χ4n) is 1.31. The zero-order chi connectivity index (χ0) is 14.2. The van der Waals surface area contributed by atoms with Gasteiger partial charge in [0.05, 0.1) is 6.61 Å². The van der Waals surface area contributed by atoms with Gasteiger partial charge < -0.3 is 9.16 Å². The molecule has 0 saturated heterocycles. The molecule has 0 aliphatic carbocycles. The lowest BCUT2D eigenvalue weighted by molar-refractivity contribution is -0.140. The summed E-state index contributed by atoms with van der Waals surface area (Å²) in [6.45, 7) is 4.46. The molecule has 0 atom stereocenters. The minimum absolute atomic E-state index is 0.184. The minimum Gasteiger partial charge on any atom is -0.465 e. The summed E-state index contributed by atoms with van der Waals surface area (Å²) in [4.78, 5) is 10.9. The molecule has 6 nitrogen and oxygen atoms in total. The number of hydrogen-bond donors (Lipinski definition) is 1. The predicted octanol–water partition coefficient (Wildman–Crippen LogP) is 1.44. The first-order valence-electron chi connectivity index (χ1n) is 5.82. The van der Waals surface area contributed by atoms with Crippen molar-refractivity contribution >= 4 is 24.4 Å². The van der Waals surface area contributed by atoms with Crippen LogP contribution >= 0.6 is 0 Å². The number of esters is 1. The molecule has 0 amide bonds. The van der Waals surface area contributed by atoms with Crippen molar-refractivity contribution in [3.8, 4) is 0 Å². The maximum atomic E-state index is 10.9. The van der Waals surface area contributed by atoms with Gasteiger partial charge in [-0.15, -0.1) is 0 Å². The van der Waals surface area contributed by atoms with Crippen LogP contribution in [0.2, 0.25) is 19.1 Å². The van der Waals surface area contributed by atoms with Crippen molar-refractivity contribution in [2.75, 3.05) is 19.5 Å². The molecule has 0 fully saturated rings. The van der Waals surface area contributed by atoms with E-state index in [0.29, 0.717) is 6.42 Å². The van der Waals surface area contributed by atoms with E-state index in [4.69, 9.17) is 8.98 Å². The van der Waals surface area contributed by atoms with Crippen molar-refractivity contribution in [1.29, 1.82) is 0 Å². The molecule has 0 bridgehead atoms. The van der Waals surface area contributed by atoms with Gasteiger partial charge in [-0.2, -0.15) is 8.42 Å². The monoisotopic (exact) mass is 298 g/mol. The van der Waals surface area contributed by atoms with Gasteiger partial charge in [0.2, 0.25) is 0 Å². The van der Waals surface area contributed by atoms with E-state index < -0.39 is 30.2 Å². The van der Waals surface area contributed by atoms with E-state index in [-0.39, 0.29) is 6.61 Å². The molecule has 0 unspecified atom stereocenters. The Hall–Kier alpha value is -0.443. The predicted molar refractivity (Wildman–Crippen MR) is 70.5 cm³/mol. The number of carbonyl (C=O) groups excluding carboxylic acids is 1. The van der Waals surface area contributed by atoms with Crippen LogP contribution in [0.15, 0.2) is 0 Å². The molecule has 8 heteroatoms. The number of hydrogen-bond acceptors (Lipinski definition) is 5. The van der Waals surface area contributed by atoms with Crippen LogP contribution in [-0.2, 0) is 24.1 Å².